The highest BCUT2D eigenvalue weighted by Crippen LogP contribution is 2.05. The Morgan fingerprint density at radius 1 is 1.71 bits per heavy atom. The van der Waals surface area contributed by atoms with E-state index < -0.39 is 0 Å². The van der Waals surface area contributed by atoms with Crippen LogP contribution in [0.15, 0.2) is 6.20 Å². The molecule has 14 heavy (non-hydrogen) atoms. The van der Waals surface area contributed by atoms with Gasteiger partial charge in [-0.05, 0) is 30.9 Å². The molecule has 0 radical (unpaired) electrons. The van der Waals surface area contributed by atoms with Gasteiger partial charge < -0.3 is 10.6 Å². The van der Waals surface area contributed by atoms with Crippen LogP contribution in [0.4, 0.5) is 0 Å². The van der Waals surface area contributed by atoms with Crippen LogP contribution in [0.2, 0.25) is 0 Å². The molecule has 0 aromatic carbocycles. The van der Waals surface area contributed by atoms with Gasteiger partial charge >= 0.3 is 0 Å². The Labute approximate surface area is 86.1 Å². The average Bonchev–Trinajstić information content (AvgIpc) is 2.72. The van der Waals surface area contributed by atoms with Crippen molar-refractivity contribution in [3.8, 4) is 0 Å². The van der Waals surface area contributed by atoms with Crippen molar-refractivity contribution in [1.82, 2.24) is 20.2 Å². The number of carbonyl (C=O) groups excluding carboxylic acids is 1. The van der Waals surface area contributed by atoms with Crippen molar-refractivity contribution in [2.75, 3.05) is 13.1 Å². The third-order valence-corrected chi connectivity index (χ3v) is 2.88. The molecule has 1 fully saturated rings. The monoisotopic (exact) mass is 212 g/mol. The van der Waals surface area contributed by atoms with Crippen molar-refractivity contribution in [2.45, 2.75) is 18.9 Å². The number of hydrogen-bond donors (Lipinski definition) is 2. The highest BCUT2D eigenvalue weighted by Gasteiger charge is 2.17. The highest BCUT2D eigenvalue weighted by molar-refractivity contribution is 7.07. The van der Waals surface area contributed by atoms with E-state index in [1.807, 2.05) is 0 Å². The SMILES string of the molecule is O=C(N[C@@H]1CCCNC1)c1cnns1. The Morgan fingerprint density at radius 2 is 2.64 bits per heavy atom. The normalized spacial score (nSPS) is 21.9. The first kappa shape index (κ1) is 9.54. The van der Waals surface area contributed by atoms with Crippen LogP contribution in [0.25, 0.3) is 0 Å². The van der Waals surface area contributed by atoms with E-state index in [1.165, 1.54) is 6.20 Å². The summed E-state index contributed by atoms with van der Waals surface area (Å²) in [6, 6.07) is 0.248. The predicted molar refractivity (Wildman–Crippen MR) is 53.3 cm³/mol. The second-order valence-electron chi connectivity index (χ2n) is 3.30. The zero-order valence-corrected chi connectivity index (χ0v) is 8.51. The van der Waals surface area contributed by atoms with E-state index in [0.29, 0.717) is 4.88 Å². The Bertz CT molecular complexity index is 294. The Kier molecular flexibility index (Phi) is 3.05. The van der Waals surface area contributed by atoms with E-state index >= 15 is 0 Å². The Hall–Kier alpha value is -1.01. The van der Waals surface area contributed by atoms with E-state index in [-0.39, 0.29) is 11.9 Å². The van der Waals surface area contributed by atoms with Gasteiger partial charge in [0, 0.05) is 12.6 Å². The van der Waals surface area contributed by atoms with Gasteiger partial charge in [-0.15, -0.1) is 5.10 Å². The smallest absolute Gasteiger partial charge is 0.264 e. The van der Waals surface area contributed by atoms with Crippen LogP contribution < -0.4 is 10.6 Å². The van der Waals surface area contributed by atoms with E-state index in [1.54, 1.807) is 0 Å². The third kappa shape index (κ3) is 2.27. The molecule has 2 rings (SSSR count). The second-order valence-corrected chi connectivity index (χ2v) is 4.08. The van der Waals surface area contributed by atoms with Gasteiger partial charge in [0.1, 0.15) is 4.88 Å². The number of carbonyl (C=O) groups is 1. The molecule has 1 atom stereocenters. The van der Waals surface area contributed by atoms with Crippen LogP contribution in [0.5, 0.6) is 0 Å². The lowest BCUT2D eigenvalue weighted by atomic mass is 10.1. The number of aromatic nitrogens is 2. The molecule has 0 saturated carbocycles. The Morgan fingerprint density at radius 3 is 3.29 bits per heavy atom. The summed E-state index contributed by atoms with van der Waals surface area (Å²) in [6.07, 6.45) is 3.66. The average molecular weight is 212 g/mol. The van der Waals surface area contributed by atoms with Gasteiger partial charge in [0.15, 0.2) is 0 Å². The molecule has 6 heteroatoms. The number of nitrogens with one attached hydrogen (secondary N) is 2. The highest BCUT2D eigenvalue weighted by atomic mass is 32.1. The van der Waals surface area contributed by atoms with Gasteiger partial charge in [0.2, 0.25) is 0 Å². The van der Waals surface area contributed by atoms with E-state index in [9.17, 15) is 4.79 Å². The summed E-state index contributed by atoms with van der Waals surface area (Å²) in [5, 5.41) is 9.82. The molecular formula is C8H12N4OS. The Balaban J connectivity index is 1.87. The van der Waals surface area contributed by atoms with E-state index in [4.69, 9.17) is 0 Å². The summed E-state index contributed by atoms with van der Waals surface area (Å²) >= 11 is 1.13. The first-order valence-corrected chi connectivity index (χ1v) is 5.42. The molecule has 2 heterocycles. The molecule has 0 aliphatic carbocycles. The van der Waals surface area contributed by atoms with Crippen molar-refractivity contribution < 1.29 is 4.79 Å². The topological polar surface area (TPSA) is 66.9 Å². The molecule has 1 saturated heterocycles. The molecule has 1 amide bonds. The van der Waals surface area contributed by atoms with Gasteiger partial charge in [-0.2, -0.15) is 0 Å². The molecule has 0 spiro atoms. The lowest BCUT2D eigenvalue weighted by Crippen LogP contribution is -2.45. The van der Waals surface area contributed by atoms with Gasteiger partial charge in [-0.25, -0.2) is 0 Å². The van der Waals surface area contributed by atoms with Gasteiger partial charge in [0.25, 0.3) is 5.91 Å². The minimum Gasteiger partial charge on any atom is -0.347 e. The molecule has 1 aromatic rings. The van der Waals surface area contributed by atoms with Crippen molar-refractivity contribution in [3.63, 3.8) is 0 Å². The van der Waals surface area contributed by atoms with Crippen LogP contribution in [0, 0.1) is 0 Å². The van der Waals surface area contributed by atoms with Crippen molar-refractivity contribution in [2.24, 2.45) is 0 Å². The van der Waals surface area contributed by atoms with Crippen molar-refractivity contribution in [3.05, 3.63) is 11.1 Å². The fraction of sp³-hybridized carbons (Fsp3) is 0.625. The molecular weight excluding hydrogens is 200 g/mol. The van der Waals surface area contributed by atoms with Crippen LogP contribution in [0.3, 0.4) is 0 Å². The third-order valence-electron chi connectivity index (χ3n) is 2.22. The fourth-order valence-corrected chi connectivity index (χ4v) is 1.92. The molecule has 1 aliphatic heterocycles. The predicted octanol–water partition coefficient (Wildman–Crippen LogP) is 0.0199. The van der Waals surface area contributed by atoms with Gasteiger partial charge in [-0.3, -0.25) is 4.79 Å². The quantitative estimate of drug-likeness (QED) is 0.725. The standard InChI is InChI=1S/C8H12N4OS/c13-8(7-5-10-12-14-7)11-6-2-1-3-9-4-6/h5-6,9H,1-4H2,(H,11,13)/t6-/m1/s1. The molecule has 76 valence electrons. The largest absolute Gasteiger partial charge is 0.347 e. The molecule has 0 bridgehead atoms. The summed E-state index contributed by atoms with van der Waals surface area (Å²) in [4.78, 5) is 12.1. The summed E-state index contributed by atoms with van der Waals surface area (Å²) in [5.74, 6) is -0.0614. The first-order chi connectivity index (χ1) is 6.86. The maximum Gasteiger partial charge on any atom is 0.264 e. The summed E-state index contributed by atoms with van der Waals surface area (Å²) in [7, 11) is 0. The molecule has 1 aromatic heterocycles. The van der Waals surface area contributed by atoms with Crippen molar-refractivity contribution >= 4 is 17.4 Å². The van der Waals surface area contributed by atoms with Crippen LogP contribution >= 0.6 is 11.5 Å². The lowest BCUT2D eigenvalue weighted by Gasteiger charge is -2.23. The number of nitrogens with zero attached hydrogens (tertiary/aromatic N) is 2. The minimum atomic E-state index is -0.0614. The van der Waals surface area contributed by atoms with Crippen LogP contribution in [-0.4, -0.2) is 34.6 Å². The number of rotatable bonds is 2. The molecule has 0 unspecified atom stereocenters. The molecule has 1 aliphatic rings. The minimum absolute atomic E-state index is 0.0614. The second kappa shape index (κ2) is 4.47. The lowest BCUT2D eigenvalue weighted by molar-refractivity contribution is 0.0934. The number of hydrogen-bond acceptors (Lipinski definition) is 5. The maximum atomic E-state index is 11.6. The molecule has 2 N–H and O–H groups in total. The van der Waals surface area contributed by atoms with Crippen LogP contribution in [0.1, 0.15) is 22.5 Å². The first-order valence-electron chi connectivity index (χ1n) is 4.65. The zero-order chi connectivity index (χ0) is 9.80. The van der Waals surface area contributed by atoms with E-state index in [0.717, 1.165) is 37.5 Å². The summed E-state index contributed by atoms with van der Waals surface area (Å²) in [6.45, 7) is 1.91. The summed E-state index contributed by atoms with van der Waals surface area (Å²) in [5.41, 5.74) is 0. The number of piperidine rings is 1. The van der Waals surface area contributed by atoms with Gasteiger partial charge in [-0.1, -0.05) is 4.49 Å². The van der Waals surface area contributed by atoms with Crippen molar-refractivity contribution in [1.29, 1.82) is 0 Å². The molecule has 5 nitrogen and oxygen atoms in total. The summed E-state index contributed by atoms with van der Waals surface area (Å²) < 4.78 is 3.65. The maximum absolute atomic E-state index is 11.6. The zero-order valence-electron chi connectivity index (χ0n) is 7.69. The number of amides is 1. The fourth-order valence-electron chi connectivity index (χ4n) is 1.50. The van der Waals surface area contributed by atoms with E-state index in [2.05, 4.69) is 20.2 Å². The van der Waals surface area contributed by atoms with Crippen LogP contribution in [-0.2, 0) is 0 Å². The van der Waals surface area contributed by atoms with Gasteiger partial charge in [0.05, 0.1) is 6.20 Å².